The Bertz CT molecular complexity index is 337. The van der Waals surface area contributed by atoms with Crippen molar-refractivity contribution >= 4 is 28.2 Å². The van der Waals surface area contributed by atoms with Crippen molar-refractivity contribution in [2.75, 3.05) is 0 Å². The smallest absolute Gasteiger partial charge is 0.337 e. The second kappa shape index (κ2) is 3.44. The Morgan fingerprint density at radius 2 is 2.33 bits per heavy atom. The van der Waals surface area contributed by atoms with Crippen LogP contribution in [0.25, 0.3) is 0 Å². The molecule has 0 amide bonds. The first-order valence-electron chi connectivity index (χ1n) is 2.99. The molecule has 1 aromatic rings. The molecule has 0 saturated carbocycles. The molecule has 0 aliphatic rings. The van der Waals surface area contributed by atoms with Crippen LogP contribution < -0.4 is 0 Å². The number of carboxylic acids is 1. The number of halogens is 1. The second-order valence-corrected chi connectivity index (χ2v) is 2.83. The molecule has 1 rings (SSSR count). The lowest BCUT2D eigenvalue weighted by molar-refractivity contribution is 0.0693. The minimum absolute atomic E-state index is 0.0896. The van der Waals surface area contributed by atoms with Gasteiger partial charge in [-0.2, -0.15) is 0 Å². The SMILES string of the molecule is O=Cc1cc(Br)ncc1C(=O)O. The summed E-state index contributed by atoms with van der Waals surface area (Å²) in [5.41, 5.74) is 0.0255. The molecule has 0 radical (unpaired) electrons. The molecule has 0 aliphatic heterocycles. The number of rotatable bonds is 2. The maximum Gasteiger partial charge on any atom is 0.337 e. The molecular weight excluding hydrogens is 226 g/mol. The fraction of sp³-hybridized carbons (Fsp3) is 0. The van der Waals surface area contributed by atoms with E-state index in [1.807, 2.05) is 0 Å². The van der Waals surface area contributed by atoms with Gasteiger partial charge in [-0.3, -0.25) is 4.79 Å². The number of aromatic nitrogens is 1. The molecule has 0 fully saturated rings. The summed E-state index contributed by atoms with van der Waals surface area (Å²) < 4.78 is 0.439. The van der Waals surface area contributed by atoms with Gasteiger partial charge in [-0.05, 0) is 22.0 Å². The molecule has 0 spiro atoms. The van der Waals surface area contributed by atoms with Gasteiger partial charge < -0.3 is 5.11 Å². The van der Waals surface area contributed by atoms with E-state index in [2.05, 4.69) is 20.9 Å². The molecule has 1 N–H and O–H groups in total. The molecule has 0 aliphatic carbocycles. The molecule has 0 atom stereocenters. The summed E-state index contributed by atoms with van der Waals surface area (Å²) in [6, 6.07) is 1.36. The van der Waals surface area contributed by atoms with Crippen molar-refractivity contribution < 1.29 is 14.7 Å². The van der Waals surface area contributed by atoms with Gasteiger partial charge in [0.1, 0.15) is 4.60 Å². The third-order valence-electron chi connectivity index (χ3n) is 1.26. The van der Waals surface area contributed by atoms with E-state index in [1.165, 1.54) is 6.07 Å². The Balaban J connectivity index is 3.29. The van der Waals surface area contributed by atoms with E-state index in [4.69, 9.17) is 5.11 Å². The number of carbonyl (C=O) groups is 2. The number of aromatic carboxylic acids is 1. The number of hydrogen-bond acceptors (Lipinski definition) is 3. The number of nitrogens with zero attached hydrogens (tertiary/aromatic N) is 1. The molecule has 5 heteroatoms. The van der Waals surface area contributed by atoms with Gasteiger partial charge in [0.05, 0.1) is 5.56 Å². The summed E-state index contributed by atoms with van der Waals surface area (Å²) in [7, 11) is 0. The average Bonchev–Trinajstić information content (AvgIpc) is 2.03. The van der Waals surface area contributed by atoms with Crippen LogP contribution in [0.2, 0.25) is 0 Å². The van der Waals surface area contributed by atoms with Crippen LogP contribution in [0.1, 0.15) is 20.7 Å². The number of carbonyl (C=O) groups excluding carboxylic acids is 1. The first kappa shape index (κ1) is 8.86. The second-order valence-electron chi connectivity index (χ2n) is 2.02. The molecule has 0 saturated heterocycles. The van der Waals surface area contributed by atoms with Gasteiger partial charge in [0.2, 0.25) is 0 Å². The van der Waals surface area contributed by atoms with Crippen molar-refractivity contribution in [1.82, 2.24) is 4.98 Å². The lowest BCUT2D eigenvalue weighted by atomic mass is 10.2. The van der Waals surface area contributed by atoms with Gasteiger partial charge in [0.15, 0.2) is 6.29 Å². The van der Waals surface area contributed by atoms with Crippen LogP contribution in [0.5, 0.6) is 0 Å². The van der Waals surface area contributed by atoms with Crippen LogP contribution in [0, 0.1) is 0 Å². The molecule has 4 nitrogen and oxygen atoms in total. The van der Waals surface area contributed by atoms with Gasteiger partial charge in [-0.25, -0.2) is 9.78 Å². The highest BCUT2D eigenvalue weighted by Gasteiger charge is 2.09. The number of hydrogen-bond donors (Lipinski definition) is 1. The molecular formula is C7H4BrNO3. The van der Waals surface area contributed by atoms with E-state index in [0.717, 1.165) is 6.20 Å². The summed E-state index contributed by atoms with van der Waals surface area (Å²) >= 11 is 3.02. The van der Waals surface area contributed by atoms with Crippen LogP contribution in [0.15, 0.2) is 16.9 Å². The largest absolute Gasteiger partial charge is 0.478 e. The van der Waals surface area contributed by atoms with Crippen molar-refractivity contribution in [3.8, 4) is 0 Å². The lowest BCUT2D eigenvalue weighted by Gasteiger charge is -1.97. The Morgan fingerprint density at radius 1 is 1.67 bits per heavy atom. The van der Waals surface area contributed by atoms with Crippen molar-refractivity contribution in [3.05, 3.63) is 28.0 Å². The molecule has 0 unspecified atom stereocenters. The zero-order valence-corrected chi connectivity index (χ0v) is 7.41. The predicted molar refractivity (Wildman–Crippen MR) is 44.3 cm³/mol. The first-order chi connectivity index (χ1) is 5.65. The molecule has 0 aromatic carbocycles. The van der Waals surface area contributed by atoms with E-state index in [1.54, 1.807) is 0 Å². The highest BCUT2D eigenvalue weighted by molar-refractivity contribution is 9.10. The summed E-state index contributed by atoms with van der Waals surface area (Å²) in [4.78, 5) is 24.5. The maximum absolute atomic E-state index is 10.5. The Labute approximate surface area is 76.4 Å². The van der Waals surface area contributed by atoms with E-state index in [-0.39, 0.29) is 11.1 Å². The molecule has 0 bridgehead atoms. The van der Waals surface area contributed by atoms with Gasteiger partial charge >= 0.3 is 5.97 Å². The van der Waals surface area contributed by atoms with Crippen LogP contribution in [-0.2, 0) is 0 Å². The fourth-order valence-corrected chi connectivity index (χ4v) is 1.07. The monoisotopic (exact) mass is 229 g/mol. The normalized spacial score (nSPS) is 9.42. The Hall–Kier alpha value is -1.23. The summed E-state index contributed by atoms with van der Waals surface area (Å²) in [6.45, 7) is 0. The predicted octanol–water partition coefficient (Wildman–Crippen LogP) is 1.35. The Morgan fingerprint density at radius 3 is 2.83 bits per heavy atom. The van der Waals surface area contributed by atoms with Crippen LogP contribution >= 0.6 is 15.9 Å². The molecule has 1 aromatic heterocycles. The minimum atomic E-state index is -1.16. The number of aldehydes is 1. The fourth-order valence-electron chi connectivity index (χ4n) is 0.720. The quantitative estimate of drug-likeness (QED) is 0.615. The van der Waals surface area contributed by atoms with Crippen molar-refractivity contribution in [2.24, 2.45) is 0 Å². The van der Waals surface area contributed by atoms with Crippen LogP contribution in [0.3, 0.4) is 0 Å². The summed E-state index contributed by atoms with van der Waals surface area (Å²) in [6.07, 6.45) is 1.62. The van der Waals surface area contributed by atoms with Crippen molar-refractivity contribution in [1.29, 1.82) is 0 Å². The zero-order chi connectivity index (χ0) is 9.14. The standard InChI is InChI=1S/C7H4BrNO3/c8-6-1-4(3-10)5(2-9-6)7(11)12/h1-3H,(H,11,12). The average molecular weight is 230 g/mol. The number of carboxylic acid groups (broad SMARTS) is 1. The zero-order valence-electron chi connectivity index (χ0n) is 5.82. The van der Waals surface area contributed by atoms with Crippen molar-refractivity contribution in [3.63, 3.8) is 0 Å². The summed E-state index contributed by atoms with van der Waals surface area (Å²) in [5.74, 6) is -1.16. The van der Waals surface area contributed by atoms with Gasteiger partial charge in [0.25, 0.3) is 0 Å². The van der Waals surface area contributed by atoms with E-state index in [0.29, 0.717) is 10.9 Å². The lowest BCUT2D eigenvalue weighted by Crippen LogP contribution is -2.02. The highest BCUT2D eigenvalue weighted by Crippen LogP contribution is 2.11. The van der Waals surface area contributed by atoms with E-state index < -0.39 is 5.97 Å². The van der Waals surface area contributed by atoms with Crippen molar-refractivity contribution in [2.45, 2.75) is 0 Å². The third-order valence-corrected chi connectivity index (χ3v) is 1.69. The Kier molecular flexibility index (Phi) is 2.54. The summed E-state index contributed by atoms with van der Waals surface area (Å²) in [5, 5.41) is 8.57. The minimum Gasteiger partial charge on any atom is -0.478 e. The third kappa shape index (κ3) is 1.68. The van der Waals surface area contributed by atoms with Crippen LogP contribution in [-0.4, -0.2) is 22.3 Å². The molecule has 62 valence electrons. The number of pyridine rings is 1. The van der Waals surface area contributed by atoms with E-state index in [9.17, 15) is 9.59 Å². The highest BCUT2D eigenvalue weighted by atomic mass is 79.9. The topological polar surface area (TPSA) is 67.3 Å². The van der Waals surface area contributed by atoms with Gasteiger partial charge in [-0.15, -0.1) is 0 Å². The van der Waals surface area contributed by atoms with Crippen LogP contribution in [0.4, 0.5) is 0 Å². The van der Waals surface area contributed by atoms with Gasteiger partial charge in [-0.1, -0.05) is 0 Å². The molecule has 1 heterocycles. The molecule has 12 heavy (non-hydrogen) atoms. The first-order valence-corrected chi connectivity index (χ1v) is 3.78. The van der Waals surface area contributed by atoms with E-state index >= 15 is 0 Å². The maximum atomic E-state index is 10.5. The van der Waals surface area contributed by atoms with Gasteiger partial charge in [0, 0.05) is 11.8 Å².